The Kier molecular flexibility index (Phi) is 5.13. The van der Waals surface area contributed by atoms with Crippen LogP contribution in [0.3, 0.4) is 0 Å². The van der Waals surface area contributed by atoms with Crippen LogP contribution in [0.5, 0.6) is 0 Å². The molecule has 1 amide bonds. The highest BCUT2D eigenvalue weighted by Crippen LogP contribution is 2.16. The molecule has 1 rings (SSSR count). The van der Waals surface area contributed by atoms with E-state index >= 15 is 0 Å². The van der Waals surface area contributed by atoms with E-state index in [0.717, 1.165) is 25.7 Å². The van der Waals surface area contributed by atoms with Crippen LogP contribution in [0.4, 0.5) is 0 Å². The Morgan fingerprint density at radius 3 is 3.07 bits per heavy atom. The van der Waals surface area contributed by atoms with E-state index in [2.05, 4.69) is 6.07 Å². The lowest BCUT2D eigenvalue weighted by molar-refractivity contribution is -0.138. The summed E-state index contributed by atoms with van der Waals surface area (Å²) in [4.78, 5) is 13.3. The SMILES string of the molecule is CCCOCC(=O)N1CCCCC1C#N. The normalized spacial score (nSPS) is 21.1. The molecule has 0 aliphatic carbocycles. The molecule has 0 N–H and O–H groups in total. The molecule has 4 heteroatoms. The smallest absolute Gasteiger partial charge is 0.249 e. The predicted molar refractivity (Wildman–Crippen MR) is 56.1 cm³/mol. The maximum atomic E-state index is 11.7. The number of nitriles is 1. The highest BCUT2D eigenvalue weighted by molar-refractivity contribution is 5.78. The van der Waals surface area contributed by atoms with Crippen LogP contribution < -0.4 is 0 Å². The molecule has 1 unspecified atom stereocenters. The fourth-order valence-electron chi connectivity index (χ4n) is 1.75. The molecule has 0 spiro atoms. The number of rotatable bonds is 4. The lowest BCUT2D eigenvalue weighted by atomic mass is 10.0. The van der Waals surface area contributed by atoms with Crippen molar-refractivity contribution in [1.29, 1.82) is 5.26 Å². The first-order chi connectivity index (χ1) is 7.29. The molecule has 0 aromatic heterocycles. The third-order valence-electron chi connectivity index (χ3n) is 2.55. The molecule has 1 fully saturated rings. The van der Waals surface area contributed by atoms with E-state index in [0.29, 0.717) is 13.2 Å². The Morgan fingerprint density at radius 1 is 1.60 bits per heavy atom. The number of carbonyl (C=O) groups is 1. The third-order valence-corrected chi connectivity index (χ3v) is 2.55. The van der Waals surface area contributed by atoms with E-state index in [1.54, 1.807) is 4.90 Å². The second-order valence-electron chi connectivity index (χ2n) is 3.78. The number of carbonyl (C=O) groups excluding carboxylic acids is 1. The van der Waals surface area contributed by atoms with E-state index in [1.165, 1.54) is 0 Å². The van der Waals surface area contributed by atoms with Crippen molar-refractivity contribution in [2.75, 3.05) is 19.8 Å². The van der Waals surface area contributed by atoms with Gasteiger partial charge in [-0.2, -0.15) is 5.26 Å². The number of nitrogens with zero attached hydrogens (tertiary/aromatic N) is 2. The van der Waals surface area contributed by atoms with E-state index in [9.17, 15) is 4.79 Å². The summed E-state index contributed by atoms with van der Waals surface area (Å²) in [7, 11) is 0. The monoisotopic (exact) mass is 210 g/mol. The molecule has 1 aliphatic heterocycles. The topological polar surface area (TPSA) is 53.3 Å². The molecular formula is C11H18N2O2. The second-order valence-corrected chi connectivity index (χ2v) is 3.78. The van der Waals surface area contributed by atoms with Crippen molar-refractivity contribution < 1.29 is 9.53 Å². The summed E-state index contributed by atoms with van der Waals surface area (Å²) >= 11 is 0. The molecule has 0 saturated carbocycles. The van der Waals surface area contributed by atoms with Gasteiger partial charge >= 0.3 is 0 Å². The lowest BCUT2D eigenvalue weighted by Gasteiger charge is -2.31. The van der Waals surface area contributed by atoms with Gasteiger partial charge in [-0.15, -0.1) is 0 Å². The summed E-state index contributed by atoms with van der Waals surface area (Å²) in [5.74, 6) is -0.0466. The van der Waals surface area contributed by atoms with Crippen LogP contribution in [-0.2, 0) is 9.53 Å². The molecule has 1 saturated heterocycles. The summed E-state index contributed by atoms with van der Waals surface area (Å²) in [6.45, 7) is 3.43. The Morgan fingerprint density at radius 2 is 2.40 bits per heavy atom. The van der Waals surface area contributed by atoms with Gasteiger partial charge in [-0.05, 0) is 25.7 Å². The van der Waals surface area contributed by atoms with Crippen molar-refractivity contribution >= 4 is 5.91 Å². The number of amides is 1. The average Bonchev–Trinajstić information content (AvgIpc) is 2.29. The Bertz CT molecular complexity index is 247. The Hall–Kier alpha value is -1.08. The van der Waals surface area contributed by atoms with Gasteiger partial charge < -0.3 is 9.64 Å². The van der Waals surface area contributed by atoms with Gasteiger partial charge in [-0.3, -0.25) is 4.79 Å². The summed E-state index contributed by atoms with van der Waals surface area (Å²) in [6.07, 6.45) is 3.75. The molecule has 1 atom stereocenters. The van der Waals surface area contributed by atoms with Gasteiger partial charge in [0.2, 0.25) is 5.91 Å². The largest absolute Gasteiger partial charge is 0.372 e. The average molecular weight is 210 g/mol. The van der Waals surface area contributed by atoms with Crippen LogP contribution >= 0.6 is 0 Å². The number of ether oxygens (including phenoxy) is 1. The Labute approximate surface area is 90.8 Å². The Balaban J connectivity index is 2.39. The zero-order valence-electron chi connectivity index (χ0n) is 9.24. The second kappa shape index (κ2) is 6.41. The molecule has 0 radical (unpaired) electrons. The molecule has 4 nitrogen and oxygen atoms in total. The number of piperidine rings is 1. The van der Waals surface area contributed by atoms with E-state index < -0.39 is 0 Å². The van der Waals surface area contributed by atoms with Crippen LogP contribution in [0.1, 0.15) is 32.6 Å². The summed E-state index contributed by atoms with van der Waals surface area (Å²) in [5.41, 5.74) is 0. The highest BCUT2D eigenvalue weighted by Gasteiger charge is 2.25. The molecule has 0 aromatic rings. The minimum absolute atomic E-state index is 0.0466. The van der Waals surface area contributed by atoms with Crippen molar-refractivity contribution in [3.63, 3.8) is 0 Å². The van der Waals surface area contributed by atoms with Crippen LogP contribution in [0.2, 0.25) is 0 Å². The quantitative estimate of drug-likeness (QED) is 0.657. The summed E-state index contributed by atoms with van der Waals surface area (Å²) < 4.78 is 5.19. The van der Waals surface area contributed by atoms with Gasteiger partial charge in [0.1, 0.15) is 12.6 Å². The van der Waals surface area contributed by atoms with E-state index in [1.807, 2.05) is 6.92 Å². The van der Waals surface area contributed by atoms with Gasteiger partial charge in [0, 0.05) is 13.2 Å². The standard InChI is InChI=1S/C11H18N2O2/c1-2-7-15-9-11(14)13-6-4-3-5-10(13)8-12/h10H,2-7,9H2,1H3. The minimum Gasteiger partial charge on any atom is -0.372 e. The van der Waals surface area contributed by atoms with Crippen LogP contribution in [0, 0.1) is 11.3 Å². The zero-order valence-corrected chi connectivity index (χ0v) is 9.24. The number of likely N-dealkylation sites (tertiary alicyclic amines) is 1. The first kappa shape index (κ1) is 12.0. The van der Waals surface area contributed by atoms with E-state index in [4.69, 9.17) is 10.00 Å². The molecule has 0 aromatic carbocycles. The van der Waals surface area contributed by atoms with Crippen molar-refractivity contribution in [3.8, 4) is 6.07 Å². The lowest BCUT2D eigenvalue weighted by Crippen LogP contribution is -2.44. The molecule has 84 valence electrons. The van der Waals surface area contributed by atoms with Crippen molar-refractivity contribution in [1.82, 2.24) is 4.90 Å². The van der Waals surface area contributed by atoms with Crippen LogP contribution in [-0.4, -0.2) is 36.6 Å². The maximum absolute atomic E-state index is 11.7. The molecule has 1 aliphatic rings. The first-order valence-electron chi connectivity index (χ1n) is 5.56. The zero-order chi connectivity index (χ0) is 11.1. The fraction of sp³-hybridized carbons (Fsp3) is 0.818. The molecule has 1 heterocycles. The van der Waals surface area contributed by atoms with Crippen molar-refractivity contribution in [3.05, 3.63) is 0 Å². The van der Waals surface area contributed by atoms with Gasteiger partial charge in [-0.25, -0.2) is 0 Å². The fourth-order valence-corrected chi connectivity index (χ4v) is 1.75. The molecule has 15 heavy (non-hydrogen) atoms. The van der Waals surface area contributed by atoms with Crippen molar-refractivity contribution in [2.45, 2.75) is 38.6 Å². The van der Waals surface area contributed by atoms with Gasteiger partial charge in [0.05, 0.1) is 6.07 Å². The first-order valence-corrected chi connectivity index (χ1v) is 5.56. The summed E-state index contributed by atoms with van der Waals surface area (Å²) in [6, 6.07) is 1.94. The molecular weight excluding hydrogens is 192 g/mol. The maximum Gasteiger partial charge on any atom is 0.249 e. The van der Waals surface area contributed by atoms with Crippen molar-refractivity contribution in [2.24, 2.45) is 0 Å². The highest BCUT2D eigenvalue weighted by atomic mass is 16.5. The number of hydrogen-bond donors (Lipinski definition) is 0. The van der Waals surface area contributed by atoms with Crippen LogP contribution in [0.15, 0.2) is 0 Å². The van der Waals surface area contributed by atoms with Gasteiger partial charge in [-0.1, -0.05) is 6.92 Å². The van der Waals surface area contributed by atoms with E-state index in [-0.39, 0.29) is 18.6 Å². The van der Waals surface area contributed by atoms with Gasteiger partial charge in [0.15, 0.2) is 0 Å². The number of hydrogen-bond acceptors (Lipinski definition) is 3. The summed E-state index contributed by atoms with van der Waals surface area (Å²) in [5, 5.41) is 8.90. The van der Waals surface area contributed by atoms with Crippen LogP contribution in [0.25, 0.3) is 0 Å². The third kappa shape index (κ3) is 3.52. The molecule has 0 bridgehead atoms. The van der Waals surface area contributed by atoms with Gasteiger partial charge in [0.25, 0.3) is 0 Å². The predicted octanol–water partition coefficient (Wildman–Crippen LogP) is 1.32. The minimum atomic E-state index is -0.239.